The van der Waals surface area contributed by atoms with Gasteiger partial charge in [0.1, 0.15) is 19.0 Å². The van der Waals surface area contributed by atoms with Crippen molar-refractivity contribution in [3.8, 4) is 11.5 Å². The molecule has 0 unspecified atom stereocenters. The van der Waals surface area contributed by atoms with Crippen LogP contribution in [0.3, 0.4) is 0 Å². The molecule has 0 bridgehead atoms. The number of ether oxygens (including phenoxy) is 2. The molecule has 0 spiro atoms. The summed E-state index contributed by atoms with van der Waals surface area (Å²) in [5.74, 6) is 1.87. The van der Waals surface area contributed by atoms with Crippen molar-refractivity contribution < 1.29 is 14.3 Å². The number of pyridine rings is 2. The largest absolute Gasteiger partial charge is 0.486 e. The van der Waals surface area contributed by atoms with Gasteiger partial charge in [-0.1, -0.05) is 0 Å². The average molecular weight is 348 g/mol. The number of nitrogens with zero attached hydrogens (tertiary/aromatic N) is 2. The molecule has 130 valence electrons. The summed E-state index contributed by atoms with van der Waals surface area (Å²) < 4.78 is 11.1. The zero-order valence-electron chi connectivity index (χ0n) is 13.8. The summed E-state index contributed by atoms with van der Waals surface area (Å²) in [6.07, 6.45) is 4.73. The number of fused-ring (bicyclic) bond motifs is 1. The fourth-order valence-corrected chi connectivity index (χ4v) is 2.51. The first-order valence-electron chi connectivity index (χ1n) is 8.12. The van der Waals surface area contributed by atoms with Crippen LogP contribution in [0.25, 0.3) is 0 Å². The van der Waals surface area contributed by atoms with E-state index in [0.29, 0.717) is 36.0 Å². The highest BCUT2D eigenvalue weighted by Gasteiger charge is 2.12. The van der Waals surface area contributed by atoms with Gasteiger partial charge in [-0.05, 0) is 36.4 Å². The van der Waals surface area contributed by atoms with Crippen molar-refractivity contribution in [2.45, 2.75) is 0 Å². The van der Waals surface area contributed by atoms with Gasteiger partial charge in [-0.15, -0.1) is 0 Å². The van der Waals surface area contributed by atoms with Crippen molar-refractivity contribution in [2.24, 2.45) is 0 Å². The van der Waals surface area contributed by atoms with E-state index >= 15 is 0 Å². The molecule has 1 aromatic carbocycles. The molecule has 7 heteroatoms. The van der Waals surface area contributed by atoms with E-state index in [1.807, 2.05) is 18.2 Å². The second kappa shape index (κ2) is 7.10. The van der Waals surface area contributed by atoms with Crippen molar-refractivity contribution in [3.05, 3.63) is 66.6 Å². The lowest BCUT2D eigenvalue weighted by atomic mass is 10.2. The molecule has 26 heavy (non-hydrogen) atoms. The first kappa shape index (κ1) is 15.9. The van der Waals surface area contributed by atoms with Crippen molar-refractivity contribution in [1.29, 1.82) is 0 Å². The molecule has 0 atom stereocenters. The van der Waals surface area contributed by atoms with Crippen LogP contribution in [0.15, 0.2) is 61.1 Å². The second-order valence-electron chi connectivity index (χ2n) is 5.61. The van der Waals surface area contributed by atoms with Crippen molar-refractivity contribution in [3.63, 3.8) is 0 Å². The van der Waals surface area contributed by atoms with Gasteiger partial charge in [0.2, 0.25) is 0 Å². The molecule has 3 heterocycles. The van der Waals surface area contributed by atoms with Crippen molar-refractivity contribution >= 4 is 23.1 Å². The third kappa shape index (κ3) is 3.56. The normalized spacial score (nSPS) is 12.3. The van der Waals surface area contributed by atoms with Gasteiger partial charge in [-0.2, -0.15) is 0 Å². The molecule has 2 aromatic heterocycles. The van der Waals surface area contributed by atoms with E-state index in [1.165, 1.54) is 6.20 Å². The van der Waals surface area contributed by atoms with E-state index < -0.39 is 0 Å². The van der Waals surface area contributed by atoms with E-state index in [9.17, 15) is 4.79 Å². The van der Waals surface area contributed by atoms with Crippen LogP contribution in [0.1, 0.15) is 10.4 Å². The van der Waals surface area contributed by atoms with E-state index in [2.05, 4.69) is 20.6 Å². The summed E-state index contributed by atoms with van der Waals surface area (Å²) in [5.41, 5.74) is 1.94. The number of rotatable bonds is 4. The summed E-state index contributed by atoms with van der Waals surface area (Å²) in [5, 5.41) is 5.98. The third-order valence-electron chi connectivity index (χ3n) is 3.76. The SMILES string of the molecule is O=C(Nc1ccc(Nc2ccc3c(c2)OCCO3)nc1)c1cccnc1. The fourth-order valence-electron chi connectivity index (χ4n) is 2.51. The molecule has 0 saturated heterocycles. The standard InChI is InChI=1S/C19H16N4O3/c24-19(13-2-1-7-20-11-13)23-15-4-6-18(21-12-15)22-14-3-5-16-17(10-14)26-9-8-25-16/h1-7,10-12H,8-9H2,(H,21,22)(H,23,24). The van der Waals surface area contributed by atoms with Gasteiger partial charge < -0.3 is 20.1 Å². The van der Waals surface area contributed by atoms with E-state index in [4.69, 9.17) is 9.47 Å². The Hall–Kier alpha value is -3.61. The van der Waals surface area contributed by atoms with E-state index in [1.54, 1.807) is 36.7 Å². The first-order valence-corrected chi connectivity index (χ1v) is 8.12. The zero-order chi connectivity index (χ0) is 17.8. The lowest BCUT2D eigenvalue weighted by Crippen LogP contribution is -2.15. The Morgan fingerprint density at radius 3 is 2.58 bits per heavy atom. The quantitative estimate of drug-likeness (QED) is 0.753. The number of anilines is 3. The number of nitrogens with one attached hydrogen (secondary N) is 2. The van der Waals surface area contributed by atoms with Gasteiger partial charge in [-0.3, -0.25) is 9.78 Å². The highest BCUT2D eigenvalue weighted by molar-refractivity contribution is 6.03. The maximum Gasteiger partial charge on any atom is 0.257 e. The van der Waals surface area contributed by atoms with Crippen LogP contribution < -0.4 is 20.1 Å². The number of carbonyl (C=O) groups is 1. The highest BCUT2D eigenvalue weighted by Crippen LogP contribution is 2.33. The highest BCUT2D eigenvalue weighted by atomic mass is 16.6. The first-order chi connectivity index (χ1) is 12.8. The van der Waals surface area contributed by atoms with Crippen LogP contribution in [0.2, 0.25) is 0 Å². The Bertz CT molecular complexity index is 914. The Balaban J connectivity index is 1.42. The maximum atomic E-state index is 12.1. The third-order valence-corrected chi connectivity index (χ3v) is 3.76. The second-order valence-corrected chi connectivity index (χ2v) is 5.61. The molecule has 3 aromatic rings. The molecular formula is C19H16N4O3. The minimum Gasteiger partial charge on any atom is -0.486 e. The molecule has 4 rings (SSSR count). The molecule has 0 aliphatic carbocycles. The Morgan fingerprint density at radius 2 is 1.81 bits per heavy atom. The lowest BCUT2D eigenvalue weighted by molar-refractivity contribution is 0.102. The predicted octanol–water partition coefficient (Wildman–Crippen LogP) is 3.24. The maximum absolute atomic E-state index is 12.1. The van der Waals surface area contributed by atoms with E-state index in [-0.39, 0.29) is 5.91 Å². The van der Waals surface area contributed by atoms with Crippen LogP contribution in [-0.4, -0.2) is 29.1 Å². The Labute approximate surface area is 150 Å². The number of hydrogen-bond donors (Lipinski definition) is 2. The molecule has 0 radical (unpaired) electrons. The Morgan fingerprint density at radius 1 is 0.962 bits per heavy atom. The van der Waals surface area contributed by atoms with Gasteiger partial charge >= 0.3 is 0 Å². The van der Waals surface area contributed by atoms with Gasteiger partial charge in [-0.25, -0.2) is 4.98 Å². The number of aromatic nitrogens is 2. The van der Waals surface area contributed by atoms with Gasteiger partial charge in [0.15, 0.2) is 11.5 Å². The van der Waals surface area contributed by atoms with Crippen LogP contribution in [0, 0.1) is 0 Å². The number of hydrogen-bond acceptors (Lipinski definition) is 6. The summed E-state index contributed by atoms with van der Waals surface area (Å²) in [6, 6.07) is 12.6. The molecule has 7 nitrogen and oxygen atoms in total. The summed E-state index contributed by atoms with van der Waals surface area (Å²) in [7, 11) is 0. The molecule has 2 N–H and O–H groups in total. The topological polar surface area (TPSA) is 85.4 Å². The number of carbonyl (C=O) groups excluding carboxylic acids is 1. The van der Waals surface area contributed by atoms with Crippen molar-refractivity contribution in [2.75, 3.05) is 23.8 Å². The molecule has 0 fully saturated rings. The zero-order valence-corrected chi connectivity index (χ0v) is 13.8. The molecule has 0 saturated carbocycles. The molecular weight excluding hydrogens is 332 g/mol. The van der Waals surface area contributed by atoms with Crippen LogP contribution >= 0.6 is 0 Å². The van der Waals surface area contributed by atoms with Crippen molar-refractivity contribution in [1.82, 2.24) is 9.97 Å². The summed E-state index contributed by atoms with van der Waals surface area (Å²) in [4.78, 5) is 20.4. The predicted molar refractivity (Wildman–Crippen MR) is 97.1 cm³/mol. The van der Waals surface area contributed by atoms with E-state index in [0.717, 1.165) is 11.4 Å². The van der Waals surface area contributed by atoms with Crippen LogP contribution in [0.5, 0.6) is 11.5 Å². The smallest absolute Gasteiger partial charge is 0.257 e. The number of amides is 1. The molecule has 1 aliphatic heterocycles. The molecule has 1 aliphatic rings. The average Bonchev–Trinajstić information content (AvgIpc) is 2.70. The molecule has 1 amide bonds. The van der Waals surface area contributed by atoms with Gasteiger partial charge in [0.25, 0.3) is 5.91 Å². The Kier molecular flexibility index (Phi) is 4.34. The van der Waals surface area contributed by atoms with Gasteiger partial charge in [0, 0.05) is 24.1 Å². The van der Waals surface area contributed by atoms with Crippen LogP contribution in [0.4, 0.5) is 17.2 Å². The van der Waals surface area contributed by atoms with Gasteiger partial charge in [0.05, 0.1) is 17.4 Å². The monoisotopic (exact) mass is 348 g/mol. The fraction of sp³-hybridized carbons (Fsp3) is 0.105. The lowest BCUT2D eigenvalue weighted by Gasteiger charge is -2.19. The minimum atomic E-state index is -0.229. The summed E-state index contributed by atoms with van der Waals surface area (Å²) in [6.45, 7) is 1.10. The minimum absolute atomic E-state index is 0.229. The van der Waals surface area contributed by atoms with Crippen LogP contribution in [-0.2, 0) is 0 Å². The summed E-state index contributed by atoms with van der Waals surface area (Å²) >= 11 is 0. The number of benzene rings is 1.